The van der Waals surface area contributed by atoms with Crippen molar-refractivity contribution in [1.29, 1.82) is 0 Å². The van der Waals surface area contributed by atoms with Crippen molar-refractivity contribution in [1.82, 2.24) is 0 Å². The number of hydrogen-bond donors (Lipinski definition) is 11. The van der Waals surface area contributed by atoms with E-state index >= 15 is 0 Å². The monoisotopic (exact) mass is 1320 g/mol. The number of methoxy groups -OCH3 is 1. The molecular weight excluding hydrogens is 1230 g/mol. The average Bonchev–Trinajstić information content (AvgIpc) is 1.45. The van der Waals surface area contributed by atoms with Gasteiger partial charge in [0.1, 0.15) is 115 Å². The van der Waals surface area contributed by atoms with Gasteiger partial charge in [-0.2, -0.15) is 0 Å². The van der Waals surface area contributed by atoms with E-state index in [2.05, 4.69) is 33.8 Å². The number of carbonyl (C=O) groups excluding carboxylic acids is 2. The maximum atomic E-state index is 14.5. The molecule has 0 unspecified atom stereocenters. The first-order valence-corrected chi connectivity index (χ1v) is 32.5. The molecule has 0 amide bonds. The van der Waals surface area contributed by atoms with Gasteiger partial charge in [0.05, 0.1) is 44.1 Å². The zero-order valence-corrected chi connectivity index (χ0v) is 55.4. The van der Waals surface area contributed by atoms with Gasteiger partial charge in [0.25, 0.3) is 0 Å². The number of allylic oxidation sites excluding steroid dienone is 2. The minimum Gasteiger partial charge on any atom is -0.726 e. The Balaban J connectivity index is 0.00000960. The fourth-order valence-corrected chi connectivity index (χ4v) is 18.0. The molecule has 10 rings (SSSR count). The van der Waals surface area contributed by atoms with E-state index in [-0.39, 0.29) is 76.8 Å². The Bertz CT molecular complexity index is 2660. The fourth-order valence-electron chi connectivity index (χ4n) is 17.6. The summed E-state index contributed by atoms with van der Waals surface area (Å²) >= 11 is 0. The number of ketones is 1. The van der Waals surface area contributed by atoms with Gasteiger partial charge in [-0.15, -0.1) is 0 Å². The van der Waals surface area contributed by atoms with E-state index in [9.17, 15) is 78.7 Å². The van der Waals surface area contributed by atoms with Crippen LogP contribution in [0.15, 0.2) is 11.6 Å². The number of aliphatic hydroxyl groups is 11. The summed E-state index contributed by atoms with van der Waals surface area (Å²) in [6.45, 7) is 13.0. The smallest absolute Gasteiger partial charge is 0.726 e. The van der Waals surface area contributed by atoms with Crippen molar-refractivity contribution >= 4 is 22.2 Å². The van der Waals surface area contributed by atoms with Crippen LogP contribution in [-0.2, 0) is 81.0 Å². The summed E-state index contributed by atoms with van der Waals surface area (Å²) in [6, 6.07) is 0. The molecule has 0 aromatic carbocycles. The van der Waals surface area contributed by atoms with E-state index in [0.717, 1.165) is 12.8 Å². The number of fused-ring (bicyclic) bond motifs is 4. The van der Waals surface area contributed by atoms with Crippen molar-refractivity contribution in [2.45, 2.75) is 266 Å². The predicted octanol–water partition coefficient (Wildman–Crippen LogP) is -5.18. The number of esters is 1. The normalized spacial score (nSPS) is 50.2. The summed E-state index contributed by atoms with van der Waals surface area (Å²) in [5.74, 6) is -0.108. The molecule has 31 heteroatoms. The van der Waals surface area contributed by atoms with Crippen LogP contribution in [0.25, 0.3) is 0 Å². The number of Topliss-reactive ketones (excluding diaryl/α,β-unsaturated/α-hetero) is 1. The first-order valence-electron chi connectivity index (χ1n) is 31.1. The van der Waals surface area contributed by atoms with Crippen LogP contribution >= 0.6 is 0 Å². The van der Waals surface area contributed by atoms with Crippen LogP contribution in [-0.4, -0.2) is 267 Å². The zero-order valence-electron chi connectivity index (χ0n) is 52.6. The Labute approximate surface area is 545 Å². The van der Waals surface area contributed by atoms with Gasteiger partial charge in [-0.1, -0.05) is 53.2 Å². The molecule has 6 aliphatic heterocycles. The minimum absolute atomic E-state index is 0. The van der Waals surface area contributed by atoms with Crippen LogP contribution in [0.5, 0.6) is 0 Å². The number of hydrogen-bond acceptors (Lipinski definition) is 29. The van der Waals surface area contributed by atoms with Crippen LogP contribution in [0.2, 0.25) is 0 Å². The van der Waals surface area contributed by atoms with Crippen LogP contribution in [0.3, 0.4) is 0 Å². The summed E-state index contributed by atoms with van der Waals surface area (Å²) in [4.78, 5) is 27.8. The average molecular weight is 1320 g/mol. The molecule has 10 aliphatic rings. The number of aliphatic hydroxyl groups excluding tert-OH is 11. The van der Waals surface area contributed by atoms with Crippen molar-refractivity contribution < 1.29 is 169 Å². The van der Waals surface area contributed by atoms with Crippen molar-refractivity contribution in [2.24, 2.45) is 45.3 Å². The molecule has 6 heterocycles. The molecule has 3 saturated carbocycles. The molecule has 11 N–H and O–H groups in total. The van der Waals surface area contributed by atoms with Gasteiger partial charge in [-0.25, -0.2) is 8.42 Å². The number of carbonyl (C=O) groups is 2. The summed E-state index contributed by atoms with van der Waals surface area (Å²) in [5, 5.41) is 122. The van der Waals surface area contributed by atoms with Crippen molar-refractivity contribution in [3.63, 3.8) is 0 Å². The third-order valence-corrected chi connectivity index (χ3v) is 22.5. The molecule has 29 nitrogen and oxygen atoms in total. The van der Waals surface area contributed by atoms with Crippen molar-refractivity contribution in [3.8, 4) is 0 Å². The summed E-state index contributed by atoms with van der Waals surface area (Å²) in [5.41, 5.74) is -2.01. The molecule has 4 aliphatic carbocycles. The molecule has 9 fully saturated rings. The van der Waals surface area contributed by atoms with E-state index in [4.69, 9.17) is 61.0 Å². The summed E-state index contributed by atoms with van der Waals surface area (Å²) in [6.07, 6.45) is -34.6. The Hall–Kier alpha value is -1.13. The third-order valence-electron chi connectivity index (χ3n) is 22.0. The van der Waals surface area contributed by atoms with Gasteiger partial charge in [0.2, 0.25) is 10.4 Å². The predicted molar refractivity (Wildman–Crippen MR) is 296 cm³/mol. The number of ether oxygens (including phenoxy) is 12. The molecule has 510 valence electrons. The molecular formula is C59H93NaO29S. The van der Waals surface area contributed by atoms with Gasteiger partial charge in [-0.05, 0) is 87.4 Å². The van der Waals surface area contributed by atoms with Crippen LogP contribution in [0.1, 0.15) is 113 Å². The Morgan fingerprint density at radius 3 is 1.91 bits per heavy atom. The minimum atomic E-state index is -5.53. The van der Waals surface area contributed by atoms with Crippen molar-refractivity contribution in [3.05, 3.63) is 11.6 Å². The quantitative estimate of drug-likeness (QED) is 0.0189. The van der Waals surface area contributed by atoms with E-state index in [1.54, 1.807) is 0 Å². The third kappa shape index (κ3) is 13.0. The molecule has 31 atom stereocenters. The van der Waals surface area contributed by atoms with Gasteiger partial charge >= 0.3 is 35.5 Å². The van der Waals surface area contributed by atoms with Gasteiger partial charge in [0.15, 0.2) is 31.5 Å². The number of cyclic esters (lactones) is 1. The molecule has 0 aromatic rings. The molecule has 6 saturated heterocycles. The summed E-state index contributed by atoms with van der Waals surface area (Å²) < 4.78 is 114. The summed E-state index contributed by atoms with van der Waals surface area (Å²) in [7, 11) is -4.31. The second kappa shape index (κ2) is 27.6. The van der Waals surface area contributed by atoms with Crippen molar-refractivity contribution in [2.75, 3.05) is 33.5 Å². The van der Waals surface area contributed by atoms with E-state index < -0.39 is 206 Å². The largest absolute Gasteiger partial charge is 1.00 e. The molecule has 0 aromatic heterocycles. The van der Waals surface area contributed by atoms with Crippen LogP contribution in [0, 0.1) is 45.3 Å². The molecule has 0 radical (unpaired) electrons. The first kappa shape index (κ1) is 73.1. The standard InChI is InChI=1S/C59H94O29S.Na/c1-24(2)18-26(62)19-58(8)34-13-16-57(7)28-10-11-33-55(4,5)35(14-15-56(33,6)27(28)12-17-59(34,57)54(72)87-58)82-52-47(38(66)32(23-78-52)88-89(73,74)75)86-53-48(85-50-40(68)39(67)36(64)30(20-60)80-50)41(69)44(25(3)79-53)83-51-43(71)46(37(65)31(21-61)81-51)84-49-42(70)45(76-9)29(63)22-77-49;/h10,24-25,27,29-53,60-61,63-71H,11-23H2,1-9H3,(H,73,74,75);/q;+1/p-1/t25-,27-,29-,30-,31-,32-,33+,34-,35+,36-,37-,38+,39+,40-,41+,42-,43-,44-,45+,46+,47-,48-,49+,50+,51+,52+,53+,56-,57+,58+,59-;/m1./s1. The van der Waals surface area contributed by atoms with E-state index in [1.165, 1.54) is 19.6 Å². The van der Waals surface area contributed by atoms with Crippen LogP contribution in [0.4, 0.5) is 0 Å². The second-order valence-corrected chi connectivity index (χ2v) is 29.2. The van der Waals surface area contributed by atoms with Gasteiger partial charge in [0, 0.05) is 31.3 Å². The Kier molecular flexibility index (Phi) is 22.5. The maximum absolute atomic E-state index is 14.5. The fraction of sp³-hybridized carbons (Fsp3) is 0.932. The van der Waals surface area contributed by atoms with Crippen LogP contribution < -0.4 is 29.6 Å². The second-order valence-electron chi connectivity index (χ2n) is 28.1. The number of rotatable bonds is 19. The molecule has 0 bridgehead atoms. The Morgan fingerprint density at radius 2 is 1.27 bits per heavy atom. The van der Waals surface area contributed by atoms with Gasteiger partial charge < -0.3 is 118 Å². The topological polar surface area (TPSA) is 434 Å². The van der Waals surface area contributed by atoms with E-state index in [0.29, 0.717) is 38.5 Å². The van der Waals surface area contributed by atoms with Gasteiger partial charge in [-0.3, -0.25) is 13.8 Å². The zero-order chi connectivity index (χ0) is 65.0. The SMILES string of the molecule is CO[C@@H]1[C@@H](O)[C@H](O[C@@H]2[C@@H](O)[C@H](O[C@H]3[C@H](O)[C@@H](O[C@@H]4O[C@H](CO)[C@@H](O)[C@H](O)[C@H]4O)[C@H](O[C@H]4[C@H](O[C@H]5CC[C@]6(C)[C@@H]7CC[C@]89C(=O)O[C@@](C)(CC(=O)CC(C)C)[C@H]8CC[C@@]9(C)C7=CC[C@H]6C5(C)C)OC[C@@H](OS(=O)(=O)[O-])[C@@H]4O)O[C@@H]3C)O[C@H](CO)[C@H]2O)OC[C@H]1O.[Na+]. The first-order chi connectivity index (χ1) is 41.7. The molecule has 90 heavy (non-hydrogen) atoms. The van der Waals surface area contributed by atoms with E-state index in [1.807, 2.05) is 20.8 Å². The Morgan fingerprint density at radius 1 is 0.667 bits per heavy atom. The maximum Gasteiger partial charge on any atom is 1.00 e. The molecule has 1 spiro atoms.